The topological polar surface area (TPSA) is 66.5 Å². The number of nitrogens with zero attached hydrogens (tertiary/aromatic N) is 1. The van der Waals surface area contributed by atoms with E-state index >= 15 is 0 Å². The number of benzene rings is 1. The molecule has 0 spiro atoms. The quantitative estimate of drug-likeness (QED) is 0.757. The molecular weight excluding hydrogens is 369 g/mol. The second-order valence-corrected chi connectivity index (χ2v) is 8.29. The summed E-state index contributed by atoms with van der Waals surface area (Å²) in [7, 11) is -4.01. The monoisotopic (exact) mass is 392 g/mol. The standard InChI is InChI=1S/C17H23F3N2O3S/c1-2-3-9-21-16(23)13-7-10-22(11-8-13)26(24,25)15-6-4-5-14(12-15)17(18,19)20/h4-6,12-13H,2-3,7-11H2,1H3,(H,21,23). The number of hydrogen-bond donors (Lipinski definition) is 1. The van der Waals surface area contributed by atoms with Crippen LogP contribution in [0.25, 0.3) is 0 Å². The Morgan fingerprint density at radius 2 is 1.92 bits per heavy atom. The highest BCUT2D eigenvalue weighted by Gasteiger charge is 2.35. The lowest BCUT2D eigenvalue weighted by Gasteiger charge is -2.30. The van der Waals surface area contributed by atoms with Gasteiger partial charge in [-0.3, -0.25) is 4.79 Å². The van der Waals surface area contributed by atoms with E-state index in [0.29, 0.717) is 25.5 Å². The lowest BCUT2D eigenvalue weighted by molar-refractivity contribution is -0.137. The second kappa shape index (κ2) is 8.39. The number of piperidine rings is 1. The van der Waals surface area contributed by atoms with E-state index < -0.39 is 21.8 Å². The van der Waals surface area contributed by atoms with Gasteiger partial charge in [0.2, 0.25) is 15.9 Å². The molecule has 146 valence electrons. The van der Waals surface area contributed by atoms with Gasteiger partial charge >= 0.3 is 6.18 Å². The molecule has 0 unspecified atom stereocenters. The van der Waals surface area contributed by atoms with Gasteiger partial charge in [-0.05, 0) is 37.5 Å². The Balaban J connectivity index is 2.03. The molecule has 1 amide bonds. The minimum Gasteiger partial charge on any atom is -0.356 e. The van der Waals surface area contributed by atoms with E-state index in [4.69, 9.17) is 0 Å². The smallest absolute Gasteiger partial charge is 0.356 e. The van der Waals surface area contributed by atoms with E-state index in [1.807, 2.05) is 6.92 Å². The van der Waals surface area contributed by atoms with Gasteiger partial charge in [0.25, 0.3) is 0 Å². The predicted molar refractivity (Wildman–Crippen MR) is 90.8 cm³/mol. The summed E-state index contributed by atoms with van der Waals surface area (Å²) in [4.78, 5) is 11.7. The van der Waals surface area contributed by atoms with Crippen molar-refractivity contribution < 1.29 is 26.4 Å². The fourth-order valence-corrected chi connectivity index (χ4v) is 4.39. The molecule has 1 aromatic rings. The molecule has 1 fully saturated rings. The zero-order valence-corrected chi connectivity index (χ0v) is 15.4. The van der Waals surface area contributed by atoms with Gasteiger partial charge in [0.05, 0.1) is 10.5 Å². The average Bonchev–Trinajstić information content (AvgIpc) is 2.61. The molecule has 1 saturated heterocycles. The van der Waals surface area contributed by atoms with Gasteiger partial charge in [-0.25, -0.2) is 8.42 Å². The van der Waals surface area contributed by atoms with Crippen molar-refractivity contribution in [3.8, 4) is 0 Å². The molecule has 1 N–H and O–H groups in total. The number of amides is 1. The highest BCUT2D eigenvalue weighted by Crippen LogP contribution is 2.32. The van der Waals surface area contributed by atoms with E-state index in [1.165, 1.54) is 0 Å². The molecule has 0 radical (unpaired) electrons. The molecule has 0 saturated carbocycles. The molecule has 1 aliphatic heterocycles. The number of unbranched alkanes of at least 4 members (excludes halogenated alkanes) is 1. The van der Waals surface area contributed by atoms with Crippen LogP contribution in [0.2, 0.25) is 0 Å². The fraction of sp³-hybridized carbons (Fsp3) is 0.588. The summed E-state index contributed by atoms with van der Waals surface area (Å²) in [6.07, 6.45) is -2.04. The number of nitrogens with one attached hydrogen (secondary N) is 1. The molecule has 0 bridgehead atoms. The Labute approximate surface area is 151 Å². The number of halogens is 3. The van der Waals surface area contributed by atoms with E-state index in [-0.39, 0.29) is 29.8 Å². The Bertz CT molecular complexity index is 727. The Kier molecular flexibility index (Phi) is 6.68. The lowest BCUT2D eigenvalue weighted by Crippen LogP contribution is -2.43. The molecule has 9 heteroatoms. The molecule has 1 aromatic carbocycles. The molecule has 5 nitrogen and oxygen atoms in total. The van der Waals surface area contributed by atoms with Crippen LogP contribution in [0.1, 0.15) is 38.2 Å². The summed E-state index contributed by atoms with van der Waals surface area (Å²) in [5.74, 6) is -0.352. The van der Waals surface area contributed by atoms with Crippen LogP contribution in [0.3, 0.4) is 0 Å². The number of carbonyl (C=O) groups is 1. The van der Waals surface area contributed by atoms with Crippen LogP contribution in [0.5, 0.6) is 0 Å². The molecule has 1 aliphatic rings. The van der Waals surface area contributed by atoms with Crippen LogP contribution >= 0.6 is 0 Å². The van der Waals surface area contributed by atoms with E-state index in [9.17, 15) is 26.4 Å². The first-order valence-electron chi connectivity index (χ1n) is 8.61. The second-order valence-electron chi connectivity index (χ2n) is 6.35. The Hall–Kier alpha value is -1.61. The molecule has 0 atom stereocenters. The Morgan fingerprint density at radius 3 is 2.50 bits per heavy atom. The maximum atomic E-state index is 12.8. The largest absolute Gasteiger partial charge is 0.416 e. The number of carbonyl (C=O) groups excluding carboxylic acids is 1. The van der Waals surface area contributed by atoms with Gasteiger partial charge in [0.1, 0.15) is 0 Å². The van der Waals surface area contributed by atoms with Crippen LogP contribution in [0.4, 0.5) is 13.2 Å². The van der Waals surface area contributed by atoms with Gasteiger partial charge < -0.3 is 5.32 Å². The number of rotatable bonds is 6. The van der Waals surface area contributed by atoms with Gasteiger partial charge in [-0.15, -0.1) is 0 Å². The van der Waals surface area contributed by atoms with Crippen molar-refractivity contribution in [2.24, 2.45) is 5.92 Å². The highest BCUT2D eigenvalue weighted by molar-refractivity contribution is 7.89. The maximum absolute atomic E-state index is 12.8. The van der Waals surface area contributed by atoms with Gasteiger partial charge in [0.15, 0.2) is 0 Å². The van der Waals surface area contributed by atoms with Crippen molar-refractivity contribution in [3.05, 3.63) is 29.8 Å². The predicted octanol–water partition coefficient (Wildman–Crippen LogP) is 3.02. The molecule has 0 aliphatic carbocycles. The van der Waals surface area contributed by atoms with E-state index in [0.717, 1.165) is 35.3 Å². The van der Waals surface area contributed by atoms with Crippen LogP contribution in [-0.2, 0) is 21.0 Å². The summed E-state index contributed by atoms with van der Waals surface area (Å²) in [6, 6.07) is 3.74. The minimum atomic E-state index is -4.60. The van der Waals surface area contributed by atoms with E-state index in [1.54, 1.807) is 0 Å². The Morgan fingerprint density at radius 1 is 1.27 bits per heavy atom. The molecule has 26 heavy (non-hydrogen) atoms. The summed E-state index contributed by atoms with van der Waals surface area (Å²) in [5.41, 5.74) is -0.997. The minimum absolute atomic E-state index is 0.0884. The lowest BCUT2D eigenvalue weighted by atomic mass is 9.97. The van der Waals surface area contributed by atoms with Crippen molar-refractivity contribution in [2.75, 3.05) is 19.6 Å². The first-order valence-corrected chi connectivity index (χ1v) is 10.1. The summed E-state index contributed by atoms with van der Waals surface area (Å²) in [6.45, 7) is 2.84. The first-order chi connectivity index (χ1) is 12.2. The molecular formula is C17H23F3N2O3S. The summed E-state index contributed by atoms with van der Waals surface area (Å²) >= 11 is 0. The molecule has 1 heterocycles. The van der Waals surface area contributed by atoms with Gasteiger partial charge in [-0.1, -0.05) is 19.4 Å². The van der Waals surface area contributed by atoms with Crippen LogP contribution in [-0.4, -0.2) is 38.3 Å². The number of sulfonamides is 1. The maximum Gasteiger partial charge on any atom is 0.416 e. The third kappa shape index (κ3) is 4.97. The van der Waals surface area contributed by atoms with Crippen molar-refractivity contribution >= 4 is 15.9 Å². The average molecular weight is 392 g/mol. The van der Waals surface area contributed by atoms with Crippen molar-refractivity contribution in [2.45, 2.75) is 43.7 Å². The van der Waals surface area contributed by atoms with Crippen LogP contribution in [0.15, 0.2) is 29.2 Å². The zero-order valence-electron chi connectivity index (χ0n) is 14.6. The summed E-state index contributed by atoms with van der Waals surface area (Å²) in [5, 5.41) is 2.83. The third-order valence-corrected chi connectivity index (χ3v) is 6.35. The normalized spacial score (nSPS) is 17.2. The zero-order chi connectivity index (χ0) is 19.4. The van der Waals surface area contributed by atoms with Gasteiger partial charge in [-0.2, -0.15) is 17.5 Å². The molecule has 2 rings (SSSR count). The summed E-state index contributed by atoms with van der Waals surface area (Å²) < 4.78 is 64.8. The first kappa shape index (κ1) is 20.7. The highest BCUT2D eigenvalue weighted by atomic mass is 32.2. The fourth-order valence-electron chi connectivity index (χ4n) is 2.87. The van der Waals surface area contributed by atoms with Crippen LogP contribution < -0.4 is 5.32 Å². The van der Waals surface area contributed by atoms with Crippen molar-refractivity contribution in [1.82, 2.24) is 9.62 Å². The van der Waals surface area contributed by atoms with Gasteiger partial charge in [0, 0.05) is 25.6 Å². The number of hydrogen-bond acceptors (Lipinski definition) is 3. The van der Waals surface area contributed by atoms with Crippen molar-refractivity contribution in [1.29, 1.82) is 0 Å². The SMILES string of the molecule is CCCCNC(=O)C1CCN(S(=O)(=O)c2cccc(C(F)(F)F)c2)CC1. The third-order valence-electron chi connectivity index (χ3n) is 4.45. The van der Waals surface area contributed by atoms with Crippen LogP contribution in [0, 0.1) is 5.92 Å². The van der Waals surface area contributed by atoms with E-state index in [2.05, 4.69) is 5.32 Å². The molecule has 0 aromatic heterocycles. The number of alkyl halides is 3. The van der Waals surface area contributed by atoms with Crippen molar-refractivity contribution in [3.63, 3.8) is 0 Å².